The van der Waals surface area contributed by atoms with Gasteiger partial charge in [-0.3, -0.25) is 10.1 Å². The second kappa shape index (κ2) is 9.35. The van der Waals surface area contributed by atoms with Crippen LogP contribution in [0.1, 0.15) is 10.4 Å². The maximum atomic E-state index is 12.5. The normalized spacial score (nSPS) is 11.0. The van der Waals surface area contributed by atoms with Gasteiger partial charge in [-0.05, 0) is 66.1 Å². The number of oxazole rings is 1. The van der Waals surface area contributed by atoms with E-state index in [0.717, 1.165) is 20.8 Å². The van der Waals surface area contributed by atoms with Crippen LogP contribution in [0.2, 0.25) is 10.0 Å². The molecule has 1 amide bonds. The Balaban J connectivity index is 1.38. The van der Waals surface area contributed by atoms with Crippen molar-refractivity contribution in [2.24, 2.45) is 0 Å². The van der Waals surface area contributed by atoms with Crippen LogP contribution in [0.15, 0.2) is 81.7 Å². The van der Waals surface area contributed by atoms with Crippen LogP contribution in [-0.4, -0.2) is 16.0 Å². The maximum Gasteiger partial charge on any atom is 0.258 e. The molecule has 1 heterocycles. The first-order chi connectivity index (χ1) is 16.4. The van der Waals surface area contributed by atoms with Crippen molar-refractivity contribution in [1.82, 2.24) is 10.3 Å². The number of aromatic nitrogens is 1. The predicted molar refractivity (Wildman–Crippen MR) is 145 cm³/mol. The van der Waals surface area contributed by atoms with Gasteiger partial charge < -0.3 is 9.73 Å². The molecule has 0 atom stereocenters. The van der Waals surface area contributed by atoms with E-state index < -0.39 is 5.91 Å². The van der Waals surface area contributed by atoms with Crippen LogP contribution in [0.3, 0.4) is 0 Å². The Labute approximate surface area is 218 Å². The summed E-state index contributed by atoms with van der Waals surface area (Å²) in [6, 6.07) is 22.0. The Kier molecular flexibility index (Phi) is 6.27. The average molecular weight is 571 g/mol. The molecule has 5 aromatic rings. The van der Waals surface area contributed by atoms with Crippen molar-refractivity contribution in [3.63, 3.8) is 0 Å². The van der Waals surface area contributed by atoms with Gasteiger partial charge in [0, 0.05) is 26.1 Å². The lowest BCUT2D eigenvalue weighted by molar-refractivity contribution is 0.0978. The van der Waals surface area contributed by atoms with Gasteiger partial charge in [-0.2, -0.15) is 0 Å². The van der Waals surface area contributed by atoms with E-state index in [0.29, 0.717) is 38.3 Å². The number of hydrogen-bond donors (Lipinski definition) is 2. The Hall–Kier alpha value is -2.97. The molecule has 2 N–H and O–H groups in total. The molecule has 34 heavy (non-hydrogen) atoms. The highest BCUT2D eigenvalue weighted by atomic mass is 79.9. The minimum absolute atomic E-state index is 0.132. The average Bonchev–Trinajstić information content (AvgIpc) is 3.23. The summed E-state index contributed by atoms with van der Waals surface area (Å²) in [5.74, 6) is 0.0726. The Morgan fingerprint density at radius 2 is 1.74 bits per heavy atom. The fourth-order valence-electron chi connectivity index (χ4n) is 3.58. The van der Waals surface area contributed by atoms with E-state index in [1.165, 1.54) is 0 Å². The number of halogens is 3. The van der Waals surface area contributed by atoms with Crippen molar-refractivity contribution in [2.45, 2.75) is 0 Å². The van der Waals surface area contributed by atoms with Gasteiger partial charge in [-0.1, -0.05) is 63.4 Å². The van der Waals surface area contributed by atoms with Gasteiger partial charge in [0.25, 0.3) is 5.91 Å². The van der Waals surface area contributed by atoms with Crippen LogP contribution in [0.4, 0.5) is 5.69 Å². The molecule has 5 rings (SSSR count). The van der Waals surface area contributed by atoms with Crippen LogP contribution < -0.4 is 10.6 Å². The summed E-state index contributed by atoms with van der Waals surface area (Å²) in [5, 5.41) is 8.65. The standard InChI is InChI=1S/C25H14BrCl2N3O2S/c26-13-7-9-20(28)18(11-13)23(32)31-25(34)29-14-8-10-22-21(12-14)30-24(33-22)17-5-1-4-16-15(17)3-2-6-19(16)27/h1-12H,(H2,29,31,32,34). The van der Waals surface area contributed by atoms with Crippen LogP contribution in [0.5, 0.6) is 0 Å². The van der Waals surface area contributed by atoms with E-state index in [-0.39, 0.29) is 5.11 Å². The summed E-state index contributed by atoms with van der Waals surface area (Å²) in [7, 11) is 0. The quantitative estimate of drug-likeness (QED) is 0.216. The zero-order chi connectivity index (χ0) is 23.8. The number of thiocarbonyl (C=S) groups is 1. The zero-order valence-electron chi connectivity index (χ0n) is 17.2. The van der Waals surface area contributed by atoms with Crippen LogP contribution in [-0.2, 0) is 0 Å². The molecule has 0 aliphatic carbocycles. The molecule has 0 aliphatic rings. The van der Waals surface area contributed by atoms with Crippen molar-refractivity contribution < 1.29 is 9.21 Å². The third-order valence-electron chi connectivity index (χ3n) is 5.14. The number of carbonyl (C=O) groups excluding carboxylic acids is 1. The largest absolute Gasteiger partial charge is 0.436 e. The summed E-state index contributed by atoms with van der Waals surface area (Å²) in [5.41, 5.74) is 3.07. The molecule has 4 aromatic carbocycles. The number of nitrogens with zero attached hydrogens (tertiary/aromatic N) is 1. The van der Waals surface area contributed by atoms with E-state index in [1.54, 1.807) is 36.4 Å². The molecule has 5 nitrogen and oxygen atoms in total. The van der Waals surface area contributed by atoms with E-state index in [1.807, 2.05) is 36.4 Å². The minimum atomic E-state index is -0.414. The van der Waals surface area contributed by atoms with E-state index in [9.17, 15) is 4.79 Å². The molecule has 0 aliphatic heterocycles. The maximum absolute atomic E-state index is 12.5. The molecule has 0 spiro atoms. The van der Waals surface area contributed by atoms with Crippen LogP contribution in [0.25, 0.3) is 33.3 Å². The molecule has 168 valence electrons. The fraction of sp³-hybridized carbons (Fsp3) is 0. The van der Waals surface area contributed by atoms with Crippen molar-refractivity contribution in [3.8, 4) is 11.5 Å². The molecule has 0 radical (unpaired) electrons. The van der Waals surface area contributed by atoms with Gasteiger partial charge in [-0.15, -0.1) is 0 Å². The number of anilines is 1. The fourth-order valence-corrected chi connectivity index (χ4v) is 4.60. The number of amides is 1. The molecular formula is C25H14BrCl2N3O2S. The smallest absolute Gasteiger partial charge is 0.258 e. The van der Waals surface area contributed by atoms with Gasteiger partial charge in [0.05, 0.1) is 10.6 Å². The summed E-state index contributed by atoms with van der Waals surface area (Å²) in [4.78, 5) is 17.2. The highest BCUT2D eigenvalue weighted by molar-refractivity contribution is 9.10. The van der Waals surface area contributed by atoms with E-state index in [4.69, 9.17) is 39.8 Å². The number of hydrogen-bond acceptors (Lipinski definition) is 4. The van der Waals surface area contributed by atoms with E-state index >= 15 is 0 Å². The molecule has 1 aromatic heterocycles. The van der Waals surface area contributed by atoms with E-state index in [2.05, 4.69) is 31.5 Å². The molecule has 0 saturated heterocycles. The topological polar surface area (TPSA) is 67.2 Å². The van der Waals surface area contributed by atoms with Gasteiger partial charge >= 0.3 is 0 Å². The van der Waals surface area contributed by atoms with Gasteiger partial charge in [0.15, 0.2) is 10.7 Å². The molecule has 0 unspecified atom stereocenters. The van der Waals surface area contributed by atoms with Crippen LogP contribution >= 0.6 is 51.3 Å². The minimum Gasteiger partial charge on any atom is -0.436 e. The first kappa shape index (κ1) is 22.8. The number of carbonyl (C=O) groups is 1. The number of fused-ring (bicyclic) bond motifs is 2. The zero-order valence-corrected chi connectivity index (χ0v) is 21.1. The molecule has 0 saturated carbocycles. The summed E-state index contributed by atoms with van der Waals surface area (Å²) in [6.07, 6.45) is 0. The van der Waals surface area contributed by atoms with Crippen LogP contribution in [0, 0.1) is 0 Å². The van der Waals surface area contributed by atoms with Gasteiger partial charge in [0.2, 0.25) is 5.89 Å². The second-order valence-corrected chi connectivity index (χ2v) is 9.51. The Morgan fingerprint density at radius 1 is 0.941 bits per heavy atom. The first-order valence-electron chi connectivity index (χ1n) is 10.0. The number of nitrogens with one attached hydrogen (secondary N) is 2. The third kappa shape index (κ3) is 4.52. The first-order valence-corrected chi connectivity index (χ1v) is 12.0. The Morgan fingerprint density at radius 3 is 2.59 bits per heavy atom. The summed E-state index contributed by atoms with van der Waals surface area (Å²) in [6.45, 7) is 0. The second-order valence-electron chi connectivity index (χ2n) is 7.37. The van der Waals surface area contributed by atoms with Crippen molar-refractivity contribution in [1.29, 1.82) is 0 Å². The highest BCUT2D eigenvalue weighted by Crippen LogP contribution is 2.34. The number of benzene rings is 4. The highest BCUT2D eigenvalue weighted by Gasteiger charge is 2.15. The van der Waals surface area contributed by atoms with Gasteiger partial charge in [-0.25, -0.2) is 4.98 Å². The monoisotopic (exact) mass is 569 g/mol. The molecule has 9 heteroatoms. The summed E-state index contributed by atoms with van der Waals surface area (Å²) < 4.78 is 6.74. The third-order valence-corrected chi connectivity index (χ3v) is 6.50. The summed E-state index contributed by atoms with van der Waals surface area (Å²) >= 11 is 21.1. The van der Waals surface area contributed by atoms with Crippen molar-refractivity contribution in [3.05, 3.63) is 92.9 Å². The Bertz CT molecular complexity index is 1600. The lowest BCUT2D eigenvalue weighted by atomic mass is 10.0. The number of rotatable bonds is 3. The molecular weight excluding hydrogens is 557 g/mol. The predicted octanol–water partition coefficient (Wildman–Crippen LogP) is 7.84. The van der Waals surface area contributed by atoms with Crippen molar-refractivity contribution >= 4 is 89.9 Å². The molecule has 0 fully saturated rings. The van der Waals surface area contributed by atoms with Crippen molar-refractivity contribution in [2.75, 3.05) is 5.32 Å². The molecule has 0 bridgehead atoms. The van der Waals surface area contributed by atoms with Gasteiger partial charge in [0.1, 0.15) is 5.52 Å². The lowest BCUT2D eigenvalue weighted by Gasteiger charge is -2.10. The SMILES string of the molecule is O=C(NC(=S)Nc1ccc2oc(-c3cccc4c(Cl)cccc34)nc2c1)c1cc(Br)ccc1Cl. The lowest BCUT2D eigenvalue weighted by Crippen LogP contribution is -2.34.